The molecule has 2 aromatic carbocycles. The average Bonchev–Trinajstić information content (AvgIpc) is 3.52. The van der Waals surface area contributed by atoms with Gasteiger partial charge in [0, 0.05) is 17.5 Å². The predicted molar refractivity (Wildman–Crippen MR) is 156 cm³/mol. The molecular formula is C31H40ClN3O5. The fourth-order valence-electron chi connectivity index (χ4n) is 5.76. The van der Waals surface area contributed by atoms with Gasteiger partial charge in [0.1, 0.15) is 22.4 Å². The van der Waals surface area contributed by atoms with E-state index in [4.69, 9.17) is 30.8 Å². The number of carbonyl (C=O) groups excluding carboxylic acids is 2. The number of hydrogen-bond donors (Lipinski definition) is 2. The van der Waals surface area contributed by atoms with Crippen LogP contribution in [-0.4, -0.2) is 47.5 Å². The zero-order valence-electron chi connectivity index (χ0n) is 24.4. The lowest BCUT2D eigenvalue weighted by Gasteiger charge is -2.40. The fraction of sp³-hybridized carbons (Fsp3) is 0.516. The molecular weight excluding hydrogens is 530 g/mol. The van der Waals surface area contributed by atoms with E-state index in [0.717, 1.165) is 16.6 Å². The van der Waals surface area contributed by atoms with Gasteiger partial charge in [-0.05, 0) is 76.3 Å². The molecule has 3 atom stereocenters. The molecule has 0 aliphatic carbocycles. The summed E-state index contributed by atoms with van der Waals surface area (Å²) < 4.78 is 16.8. The number of fused-ring (bicyclic) bond motifs is 1. The molecule has 1 fully saturated rings. The topological polar surface area (TPSA) is 103 Å². The zero-order chi connectivity index (χ0) is 29.3. The minimum atomic E-state index is -1.03. The van der Waals surface area contributed by atoms with Crippen LogP contribution in [0.2, 0.25) is 5.02 Å². The summed E-state index contributed by atoms with van der Waals surface area (Å²) in [6, 6.07) is 13.4. The number of H-pyrrole nitrogens is 1. The number of aromatic nitrogens is 2. The van der Waals surface area contributed by atoms with Crippen LogP contribution < -0.4 is 5.32 Å². The molecule has 1 aliphatic heterocycles. The minimum Gasteiger partial charge on any atom is -0.465 e. The van der Waals surface area contributed by atoms with E-state index >= 15 is 0 Å². The highest BCUT2D eigenvalue weighted by Gasteiger charge is 2.47. The van der Waals surface area contributed by atoms with Crippen LogP contribution in [0.4, 0.5) is 4.79 Å². The Kier molecular flexibility index (Phi) is 8.52. The van der Waals surface area contributed by atoms with Crippen LogP contribution in [0.5, 0.6) is 0 Å². The molecule has 8 nitrogen and oxygen atoms in total. The van der Waals surface area contributed by atoms with Gasteiger partial charge < -0.3 is 24.5 Å². The first-order valence-corrected chi connectivity index (χ1v) is 14.2. The number of rotatable bonds is 8. The number of amides is 1. The summed E-state index contributed by atoms with van der Waals surface area (Å²) in [5.74, 6) is 0.0628. The lowest BCUT2D eigenvalue weighted by molar-refractivity contribution is -0.150. The summed E-state index contributed by atoms with van der Waals surface area (Å²) >= 11 is 6.71. The molecule has 216 valence electrons. The Labute approximate surface area is 241 Å². The molecule has 0 radical (unpaired) electrons. The molecule has 1 aliphatic rings. The molecule has 0 bridgehead atoms. The zero-order valence-corrected chi connectivity index (χ0v) is 25.1. The number of aromatic amines is 1. The Bertz CT molecular complexity index is 1370. The Hall–Kier alpha value is -3.10. The molecule has 2 N–H and O–H groups in total. The summed E-state index contributed by atoms with van der Waals surface area (Å²) in [4.78, 5) is 34.7. The molecule has 0 spiro atoms. The summed E-state index contributed by atoms with van der Waals surface area (Å²) in [5.41, 5.74) is 0.554. The summed E-state index contributed by atoms with van der Waals surface area (Å²) in [6.45, 7) is 14.4. The Morgan fingerprint density at radius 2 is 1.90 bits per heavy atom. The van der Waals surface area contributed by atoms with Crippen molar-refractivity contribution in [2.24, 2.45) is 5.92 Å². The van der Waals surface area contributed by atoms with E-state index < -0.39 is 22.6 Å². The van der Waals surface area contributed by atoms with Gasteiger partial charge in [-0.15, -0.1) is 0 Å². The third-order valence-electron chi connectivity index (χ3n) is 7.50. The van der Waals surface area contributed by atoms with Gasteiger partial charge in [0.25, 0.3) is 0 Å². The van der Waals surface area contributed by atoms with E-state index in [1.807, 2.05) is 70.2 Å². The molecule has 3 aromatic rings. The van der Waals surface area contributed by atoms with E-state index in [1.165, 1.54) is 0 Å². The Morgan fingerprint density at radius 1 is 1.18 bits per heavy atom. The largest absolute Gasteiger partial charge is 0.465 e. The molecule has 40 heavy (non-hydrogen) atoms. The van der Waals surface area contributed by atoms with Crippen molar-refractivity contribution in [1.82, 2.24) is 15.3 Å². The first kappa shape index (κ1) is 29.9. The third-order valence-corrected chi connectivity index (χ3v) is 7.85. The number of carbonyl (C=O) groups is 2. The van der Waals surface area contributed by atoms with Gasteiger partial charge >= 0.3 is 12.1 Å². The summed E-state index contributed by atoms with van der Waals surface area (Å²) in [5, 5.41) is 3.74. The van der Waals surface area contributed by atoms with Crippen LogP contribution in [0.25, 0.3) is 11.0 Å². The van der Waals surface area contributed by atoms with E-state index in [-0.39, 0.29) is 24.4 Å². The lowest BCUT2D eigenvalue weighted by atomic mass is 9.73. The average molecular weight is 570 g/mol. The normalized spacial score (nSPS) is 19.8. The van der Waals surface area contributed by atoms with Crippen molar-refractivity contribution in [2.75, 3.05) is 19.8 Å². The van der Waals surface area contributed by atoms with Crippen LogP contribution in [0, 0.1) is 5.92 Å². The first-order valence-electron chi connectivity index (χ1n) is 13.8. The summed E-state index contributed by atoms with van der Waals surface area (Å²) in [6.07, 6.45) is -0.0173. The SMILES string of the molecule is CCOC(=O)C1(c2ccc3nc(C(C)(NC(=O)OC(C)(C)C)[C@H](c4ccccc4Cl)C(C)C)[nH]c3c2)CCOC1. The van der Waals surface area contributed by atoms with E-state index in [0.29, 0.717) is 36.0 Å². The minimum absolute atomic E-state index is 0.0614. The molecule has 4 rings (SSSR count). The van der Waals surface area contributed by atoms with Gasteiger partial charge in [-0.25, -0.2) is 9.78 Å². The van der Waals surface area contributed by atoms with E-state index in [9.17, 15) is 9.59 Å². The number of nitrogens with zero attached hydrogens (tertiary/aromatic N) is 1. The second-order valence-corrected chi connectivity index (χ2v) is 12.4. The number of esters is 1. The molecule has 1 saturated heterocycles. The molecule has 1 aromatic heterocycles. The van der Waals surface area contributed by atoms with E-state index in [2.05, 4.69) is 24.1 Å². The van der Waals surface area contributed by atoms with Crippen molar-refractivity contribution in [2.45, 2.75) is 77.4 Å². The molecule has 9 heteroatoms. The number of nitrogens with one attached hydrogen (secondary N) is 2. The van der Waals surface area contributed by atoms with Crippen LogP contribution in [-0.2, 0) is 30.0 Å². The number of ether oxygens (including phenoxy) is 3. The Morgan fingerprint density at radius 3 is 2.50 bits per heavy atom. The van der Waals surface area contributed by atoms with Crippen molar-refractivity contribution < 1.29 is 23.8 Å². The van der Waals surface area contributed by atoms with Gasteiger partial charge in [0.2, 0.25) is 0 Å². The maximum atomic E-state index is 13.2. The summed E-state index contributed by atoms with van der Waals surface area (Å²) in [7, 11) is 0. The van der Waals surface area contributed by atoms with Crippen LogP contribution in [0.1, 0.15) is 77.8 Å². The maximum Gasteiger partial charge on any atom is 0.408 e. The number of alkyl carbamates (subject to hydrolysis) is 1. The van der Waals surface area contributed by atoms with E-state index in [1.54, 1.807) is 6.92 Å². The molecule has 2 unspecified atom stereocenters. The third kappa shape index (κ3) is 5.84. The van der Waals surface area contributed by atoms with Gasteiger partial charge in [-0.2, -0.15) is 0 Å². The number of benzene rings is 2. The monoisotopic (exact) mass is 569 g/mol. The number of halogens is 1. The highest BCUT2D eigenvalue weighted by atomic mass is 35.5. The van der Waals surface area contributed by atoms with Crippen LogP contribution in [0.3, 0.4) is 0 Å². The molecule has 1 amide bonds. The second kappa shape index (κ2) is 11.4. The predicted octanol–water partition coefficient (Wildman–Crippen LogP) is 6.62. The van der Waals surface area contributed by atoms with Crippen molar-refractivity contribution >= 4 is 34.7 Å². The van der Waals surface area contributed by atoms with Crippen molar-refractivity contribution in [3.8, 4) is 0 Å². The van der Waals surface area contributed by atoms with Gasteiger partial charge in [0.15, 0.2) is 0 Å². The van der Waals surface area contributed by atoms with Gasteiger partial charge in [0.05, 0.1) is 24.2 Å². The lowest BCUT2D eigenvalue weighted by Crippen LogP contribution is -2.51. The first-order chi connectivity index (χ1) is 18.8. The van der Waals surface area contributed by atoms with Crippen molar-refractivity contribution in [3.63, 3.8) is 0 Å². The van der Waals surface area contributed by atoms with Crippen molar-refractivity contribution in [3.05, 3.63) is 64.4 Å². The smallest absolute Gasteiger partial charge is 0.408 e. The van der Waals surface area contributed by atoms with Crippen LogP contribution >= 0.6 is 11.6 Å². The number of imidazole rings is 1. The standard InChI is InChI=1S/C31H40ClN3O5/c1-8-39-27(36)31(15-16-38-18-31)20-13-14-23-24(17-20)34-26(33-23)30(7,35-28(37)40-29(4,5)6)25(19(2)3)21-11-9-10-12-22(21)32/h9-14,17,19,25H,8,15-16,18H2,1-7H3,(H,33,34)(H,35,37)/t25-,30?,31?/m0/s1. The van der Waals surface area contributed by atoms with Gasteiger partial charge in [-0.3, -0.25) is 4.79 Å². The number of hydrogen-bond acceptors (Lipinski definition) is 6. The molecule has 2 heterocycles. The Balaban J connectivity index is 1.85. The molecule has 0 saturated carbocycles. The highest BCUT2D eigenvalue weighted by Crippen LogP contribution is 2.44. The van der Waals surface area contributed by atoms with Crippen LogP contribution in [0.15, 0.2) is 42.5 Å². The van der Waals surface area contributed by atoms with Gasteiger partial charge in [-0.1, -0.05) is 49.7 Å². The fourth-order valence-corrected chi connectivity index (χ4v) is 6.01. The second-order valence-electron chi connectivity index (χ2n) is 12.0. The van der Waals surface area contributed by atoms with Crippen molar-refractivity contribution in [1.29, 1.82) is 0 Å². The maximum absolute atomic E-state index is 13.2. The quantitative estimate of drug-likeness (QED) is 0.296. The highest BCUT2D eigenvalue weighted by molar-refractivity contribution is 6.31.